The van der Waals surface area contributed by atoms with E-state index in [1.54, 1.807) is 24.3 Å². The third-order valence-corrected chi connectivity index (χ3v) is 2.88. The van der Waals surface area contributed by atoms with Gasteiger partial charge in [0.2, 0.25) is 0 Å². The highest BCUT2D eigenvalue weighted by Crippen LogP contribution is 2.15. The maximum absolute atomic E-state index is 11.6. The Bertz CT molecular complexity index is 562. The quantitative estimate of drug-likeness (QED) is 0.391. The molecule has 1 aromatic carbocycles. The molecule has 9 heteroatoms. The molecule has 0 fully saturated rings. The number of hydrogen-bond donors (Lipinski definition) is 2. The number of aryl methyl sites for hydroxylation is 1. The fourth-order valence-corrected chi connectivity index (χ4v) is 1.73. The number of hydrogen-bond acceptors (Lipinski definition) is 7. The summed E-state index contributed by atoms with van der Waals surface area (Å²) in [7, 11) is 0. The SMILES string of the molecule is CC(=O)C(CO)NC(=O)Oc1cccc(CCCO[N+](=O)[O-])c1. The molecule has 0 aliphatic rings. The molecule has 0 radical (unpaired) electrons. The smallest absolute Gasteiger partial charge is 0.410 e. The van der Waals surface area contributed by atoms with Crippen LogP contribution in [0.4, 0.5) is 4.79 Å². The molecule has 2 N–H and O–H groups in total. The Morgan fingerprint density at radius 1 is 1.43 bits per heavy atom. The van der Waals surface area contributed by atoms with E-state index in [1.165, 1.54) is 6.92 Å². The average molecular weight is 326 g/mol. The second kappa shape index (κ2) is 9.36. The first kappa shape index (κ1) is 18.4. The zero-order valence-corrected chi connectivity index (χ0v) is 12.6. The molecular weight excluding hydrogens is 308 g/mol. The maximum Gasteiger partial charge on any atom is 0.413 e. The zero-order chi connectivity index (χ0) is 17.2. The highest BCUT2D eigenvalue weighted by atomic mass is 16.9. The number of nitrogens with zero attached hydrogens (tertiary/aromatic N) is 1. The number of ether oxygens (including phenoxy) is 1. The van der Waals surface area contributed by atoms with Crippen molar-refractivity contribution in [2.75, 3.05) is 13.2 Å². The highest BCUT2D eigenvalue weighted by molar-refractivity contribution is 5.85. The van der Waals surface area contributed by atoms with E-state index in [-0.39, 0.29) is 18.1 Å². The summed E-state index contributed by atoms with van der Waals surface area (Å²) in [5.74, 6) is -0.126. The number of nitrogens with one attached hydrogen (secondary N) is 1. The molecule has 1 atom stereocenters. The molecule has 0 heterocycles. The van der Waals surface area contributed by atoms with Crippen molar-refractivity contribution < 1.29 is 29.4 Å². The third-order valence-electron chi connectivity index (χ3n) is 2.88. The number of carbonyl (C=O) groups excluding carboxylic acids is 2. The maximum atomic E-state index is 11.6. The fraction of sp³-hybridized carbons (Fsp3) is 0.429. The van der Waals surface area contributed by atoms with E-state index in [2.05, 4.69) is 10.2 Å². The minimum absolute atomic E-state index is 0.0185. The van der Waals surface area contributed by atoms with Crippen molar-refractivity contribution in [3.8, 4) is 5.75 Å². The molecule has 0 aliphatic heterocycles. The predicted octanol–water partition coefficient (Wildman–Crippen LogP) is 0.866. The fourth-order valence-electron chi connectivity index (χ4n) is 1.73. The molecule has 23 heavy (non-hydrogen) atoms. The molecule has 0 saturated carbocycles. The van der Waals surface area contributed by atoms with Gasteiger partial charge in [0.15, 0.2) is 5.78 Å². The van der Waals surface area contributed by atoms with Crippen LogP contribution in [0.1, 0.15) is 18.9 Å². The van der Waals surface area contributed by atoms with Crippen LogP contribution in [0.2, 0.25) is 0 Å². The minimum atomic E-state index is -1.01. The molecule has 0 saturated heterocycles. The van der Waals surface area contributed by atoms with Crippen molar-refractivity contribution in [1.82, 2.24) is 5.32 Å². The van der Waals surface area contributed by atoms with Gasteiger partial charge >= 0.3 is 6.09 Å². The van der Waals surface area contributed by atoms with E-state index in [9.17, 15) is 19.7 Å². The van der Waals surface area contributed by atoms with E-state index in [0.29, 0.717) is 12.8 Å². The second-order valence-electron chi connectivity index (χ2n) is 4.69. The number of aliphatic hydroxyl groups is 1. The van der Waals surface area contributed by atoms with Gasteiger partial charge in [-0.3, -0.25) is 4.79 Å². The number of carbonyl (C=O) groups is 2. The van der Waals surface area contributed by atoms with Crippen molar-refractivity contribution in [2.45, 2.75) is 25.8 Å². The predicted molar refractivity (Wildman–Crippen MR) is 78.4 cm³/mol. The normalized spacial score (nSPS) is 11.4. The van der Waals surface area contributed by atoms with Crippen LogP contribution in [0, 0.1) is 10.1 Å². The Balaban J connectivity index is 2.51. The molecule has 1 aromatic rings. The number of benzene rings is 1. The molecule has 0 bridgehead atoms. The lowest BCUT2D eigenvalue weighted by molar-refractivity contribution is -0.757. The van der Waals surface area contributed by atoms with Crippen LogP contribution in [0.15, 0.2) is 24.3 Å². The van der Waals surface area contributed by atoms with Crippen LogP contribution < -0.4 is 10.1 Å². The number of aliphatic hydroxyl groups excluding tert-OH is 1. The van der Waals surface area contributed by atoms with Crippen molar-refractivity contribution in [3.63, 3.8) is 0 Å². The summed E-state index contributed by atoms with van der Waals surface area (Å²) in [5, 5.41) is 20.4. The summed E-state index contributed by atoms with van der Waals surface area (Å²) < 4.78 is 5.03. The Hall–Kier alpha value is -2.68. The highest BCUT2D eigenvalue weighted by Gasteiger charge is 2.17. The third kappa shape index (κ3) is 7.23. The molecule has 1 unspecified atom stereocenters. The van der Waals surface area contributed by atoms with Gasteiger partial charge in [-0.05, 0) is 37.5 Å². The molecule has 9 nitrogen and oxygen atoms in total. The van der Waals surface area contributed by atoms with Crippen LogP contribution in [-0.4, -0.2) is 41.3 Å². The summed E-state index contributed by atoms with van der Waals surface area (Å²) in [5.41, 5.74) is 0.813. The summed E-state index contributed by atoms with van der Waals surface area (Å²) in [4.78, 5) is 37.0. The van der Waals surface area contributed by atoms with Crippen molar-refractivity contribution in [2.24, 2.45) is 0 Å². The van der Waals surface area contributed by atoms with Crippen molar-refractivity contribution >= 4 is 11.9 Å². The molecular formula is C14H18N2O7. The van der Waals surface area contributed by atoms with Gasteiger partial charge in [-0.2, -0.15) is 0 Å². The van der Waals surface area contributed by atoms with Crippen LogP contribution in [0.5, 0.6) is 5.75 Å². The molecule has 1 rings (SSSR count). The first-order valence-corrected chi connectivity index (χ1v) is 6.88. The summed E-state index contributed by atoms with van der Waals surface area (Å²) in [6.45, 7) is 0.713. The molecule has 0 aliphatic carbocycles. The summed E-state index contributed by atoms with van der Waals surface area (Å²) in [6, 6.07) is 5.60. The molecule has 0 spiro atoms. The Morgan fingerprint density at radius 2 is 2.17 bits per heavy atom. The van der Waals surface area contributed by atoms with Gasteiger partial charge in [0.05, 0.1) is 13.2 Å². The van der Waals surface area contributed by atoms with E-state index in [1.807, 2.05) is 0 Å². The summed E-state index contributed by atoms with van der Waals surface area (Å²) in [6.07, 6.45) is 0.0977. The van der Waals surface area contributed by atoms with Gasteiger partial charge in [-0.1, -0.05) is 12.1 Å². The van der Waals surface area contributed by atoms with Crippen molar-refractivity contribution in [3.05, 3.63) is 39.9 Å². The van der Waals surface area contributed by atoms with Gasteiger partial charge in [0.25, 0.3) is 5.09 Å². The Labute approximate surface area is 132 Å². The van der Waals surface area contributed by atoms with Gasteiger partial charge in [-0.25, -0.2) is 4.79 Å². The lowest BCUT2D eigenvalue weighted by atomic mass is 10.1. The monoisotopic (exact) mass is 326 g/mol. The first-order valence-electron chi connectivity index (χ1n) is 6.88. The number of ketones is 1. The van der Waals surface area contributed by atoms with Gasteiger partial charge in [-0.15, -0.1) is 10.1 Å². The number of rotatable bonds is 9. The second-order valence-corrected chi connectivity index (χ2v) is 4.69. The van der Waals surface area contributed by atoms with Crippen LogP contribution in [0.25, 0.3) is 0 Å². The standard InChI is InChI=1S/C14H18N2O7/c1-10(18)13(9-17)15-14(19)23-12-6-2-4-11(8-12)5-3-7-22-16(20)21/h2,4,6,8,13,17H,3,5,7,9H2,1H3,(H,15,19). The Kier molecular flexibility index (Phi) is 7.48. The van der Waals surface area contributed by atoms with Gasteiger partial charge in [0.1, 0.15) is 11.8 Å². The first-order chi connectivity index (χ1) is 10.9. The van der Waals surface area contributed by atoms with Crippen LogP contribution in [0.3, 0.4) is 0 Å². The minimum Gasteiger partial charge on any atom is -0.410 e. The van der Waals surface area contributed by atoms with Gasteiger partial charge < -0.3 is 20.0 Å². The van der Waals surface area contributed by atoms with E-state index in [4.69, 9.17) is 9.84 Å². The summed E-state index contributed by atoms with van der Waals surface area (Å²) >= 11 is 0. The van der Waals surface area contributed by atoms with E-state index in [0.717, 1.165) is 5.56 Å². The number of Topliss-reactive ketones (excluding diaryl/α,β-unsaturated/α-hetero) is 1. The lowest BCUT2D eigenvalue weighted by Gasteiger charge is -2.13. The van der Waals surface area contributed by atoms with E-state index >= 15 is 0 Å². The largest absolute Gasteiger partial charge is 0.413 e. The molecule has 126 valence electrons. The molecule has 1 amide bonds. The van der Waals surface area contributed by atoms with Crippen LogP contribution >= 0.6 is 0 Å². The number of amides is 1. The van der Waals surface area contributed by atoms with E-state index < -0.39 is 23.8 Å². The topological polar surface area (TPSA) is 128 Å². The average Bonchev–Trinajstić information content (AvgIpc) is 2.49. The Morgan fingerprint density at radius 3 is 2.78 bits per heavy atom. The van der Waals surface area contributed by atoms with Crippen LogP contribution in [-0.2, 0) is 16.1 Å². The zero-order valence-electron chi connectivity index (χ0n) is 12.6. The van der Waals surface area contributed by atoms with Gasteiger partial charge in [0, 0.05) is 0 Å². The molecule has 0 aromatic heterocycles. The van der Waals surface area contributed by atoms with Crippen molar-refractivity contribution in [1.29, 1.82) is 0 Å². The lowest BCUT2D eigenvalue weighted by Crippen LogP contribution is -2.43.